The summed E-state index contributed by atoms with van der Waals surface area (Å²) >= 11 is 0. The number of carbonyl (C=O) groups excluding carboxylic acids is 3. The molecule has 0 aliphatic heterocycles. The van der Waals surface area contributed by atoms with Crippen molar-refractivity contribution in [3.05, 3.63) is 71.3 Å². The number of carbonyl (C=O) groups is 3. The lowest BCUT2D eigenvalue weighted by atomic mass is 9.86. The summed E-state index contributed by atoms with van der Waals surface area (Å²) in [6.45, 7) is 9.57. The van der Waals surface area contributed by atoms with Crippen LogP contribution in [-0.2, 0) is 14.9 Å². The van der Waals surface area contributed by atoms with E-state index >= 15 is 0 Å². The van der Waals surface area contributed by atoms with Crippen LogP contribution in [0.4, 0.5) is 0 Å². The normalized spacial score (nSPS) is 12.3. The van der Waals surface area contributed by atoms with Crippen molar-refractivity contribution in [1.29, 1.82) is 0 Å². The Bertz CT molecular complexity index is 849. The van der Waals surface area contributed by atoms with Crippen LogP contribution in [-0.4, -0.2) is 30.3 Å². The minimum Gasteiger partial charge on any atom is -0.456 e. The third kappa shape index (κ3) is 6.28. The van der Waals surface area contributed by atoms with E-state index in [-0.39, 0.29) is 29.6 Å². The predicted molar refractivity (Wildman–Crippen MR) is 113 cm³/mol. The van der Waals surface area contributed by atoms with Crippen molar-refractivity contribution in [2.24, 2.45) is 5.92 Å². The highest BCUT2D eigenvalue weighted by atomic mass is 16.5. The topological polar surface area (TPSA) is 72.5 Å². The summed E-state index contributed by atoms with van der Waals surface area (Å²) in [5.74, 6) is -1.45. The highest BCUT2D eigenvalue weighted by Gasteiger charge is 2.27. The fourth-order valence-corrected chi connectivity index (χ4v) is 2.78. The highest BCUT2D eigenvalue weighted by Crippen LogP contribution is 2.22. The van der Waals surface area contributed by atoms with Crippen LogP contribution >= 0.6 is 0 Å². The van der Waals surface area contributed by atoms with Gasteiger partial charge in [-0.2, -0.15) is 0 Å². The van der Waals surface area contributed by atoms with Crippen LogP contribution < -0.4 is 5.32 Å². The lowest BCUT2D eigenvalue weighted by molar-refractivity contribution is -0.145. The molecule has 2 rings (SSSR count). The number of esters is 1. The van der Waals surface area contributed by atoms with E-state index in [9.17, 15) is 14.4 Å². The van der Waals surface area contributed by atoms with E-state index in [1.54, 1.807) is 42.5 Å². The maximum atomic E-state index is 12.6. The molecule has 0 saturated carbocycles. The lowest BCUT2D eigenvalue weighted by Gasteiger charge is -2.22. The van der Waals surface area contributed by atoms with E-state index in [4.69, 9.17) is 4.74 Å². The van der Waals surface area contributed by atoms with Gasteiger partial charge in [0, 0.05) is 11.1 Å². The van der Waals surface area contributed by atoms with Crippen LogP contribution in [0.1, 0.15) is 60.9 Å². The van der Waals surface area contributed by atoms with Gasteiger partial charge in [0.1, 0.15) is 6.04 Å². The van der Waals surface area contributed by atoms with Crippen LogP contribution in [0, 0.1) is 5.92 Å². The summed E-state index contributed by atoms with van der Waals surface area (Å²) in [7, 11) is 0. The van der Waals surface area contributed by atoms with Gasteiger partial charge >= 0.3 is 5.97 Å². The number of amides is 1. The molecule has 0 spiro atoms. The average Bonchev–Trinajstić information content (AvgIpc) is 2.69. The monoisotopic (exact) mass is 395 g/mol. The first-order valence-electron chi connectivity index (χ1n) is 9.76. The van der Waals surface area contributed by atoms with Crippen molar-refractivity contribution in [1.82, 2.24) is 5.32 Å². The Hall–Kier alpha value is -2.95. The Morgan fingerprint density at radius 3 is 2.00 bits per heavy atom. The summed E-state index contributed by atoms with van der Waals surface area (Å²) in [6.07, 6.45) is 0. The van der Waals surface area contributed by atoms with Gasteiger partial charge in [0.25, 0.3) is 5.91 Å². The molecule has 0 aliphatic carbocycles. The second kappa shape index (κ2) is 9.50. The molecule has 0 aliphatic rings. The Morgan fingerprint density at radius 1 is 0.897 bits per heavy atom. The maximum absolute atomic E-state index is 12.6. The second-order valence-corrected chi connectivity index (χ2v) is 8.42. The lowest BCUT2D eigenvalue weighted by Crippen LogP contribution is -2.45. The van der Waals surface area contributed by atoms with Crippen molar-refractivity contribution >= 4 is 17.7 Å². The summed E-state index contributed by atoms with van der Waals surface area (Å²) in [5.41, 5.74) is 2.05. The van der Waals surface area contributed by atoms with Crippen LogP contribution in [0.5, 0.6) is 0 Å². The summed E-state index contributed by atoms with van der Waals surface area (Å²) < 4.78 is 5.18. The molecule has 29 heavy (non-hydrogen) atoms. The molecule has 0 heterocycles. The van der Waals surface area contributed by atoms with Gasteiger partial charge < -0.3 is 10.1 Å². The quantitative estimate of drug-likeness (QED) is 0.564. The van der Waals surface area contributed by atoms with Crippen molar-refractivity contribution in [3.63, 3.8) is 0 Å². The van der Waals surface area contributed by atoms with Gasteiger partial charge in [0.2, 0.25) is 0 Å². The standard InChI is InChI=1S/C24H29NO4/c1-16(2)21(23(28)29-15-20(26)17-9-7-6-8-10-17)25-22(27)18-11-13-19(14-12-18)24(3,4)5/h6-14,16,21H,15H2,1-5H3,(H,25,27)/t21-/m0/s1. The zero-order valence-corrected chi connectivity index (χ0v) is 17.7. The molecule has 154 valence electrons. The fraction of sp³-hybridized carbons (Fsp3) is 0.375. The molecule has 0 radical (unpaired) electrons. The number of hydrogen-bond donors (Lipinski definition) is 1. The van der Waals surface area contributed by atoms with Gasteiger partial charge in [-0.15, -0.1) is 0 Å². The van der Waals surface area contributed by atoms with E-state index in [0.717, 1.165) is 5.56 Å². The van der Waals surface area contributed by atoms with Gasteiger partial charge in [-0.3, -0.25) is 9.59 Å². The van der Waals surface area contributed by atoms with Gasteiger partial charge in [-0.1, -0.05) is 77.1 Å². The largest absolute Gasteiger partial charge is 0.456 e. The number of benzene rings is 2. The molecule has 2 aromatic rings. The van der Waals surface area contributed by atoms with E-state index in [2.05, 4.69) is 26.1 Å². The molecule has 0 bridgehead atoms. The van der Waals surface area contributed by atoms with E-state index in [0.29, 0.717) is 11.1 Å². The number of rotatable bonds is 7. The molecular weight excluding hydrogens is 366 g/mol. The summed E-state index contributed by atoms with van der Waals surface area (Å²) in [4.78, 5) is 37.2. The summed E-state index contributed by atoms with van der Waals surface area (Å²) in [6, 6.07) is 15.1. The molecule has 0 fully saturated rings. The molecule has 1 amide bonds. The van der Waals surface area contributed by atoms with E-state index < -0.39 is 12.0 Å². The summed E-state index contributed by atoms with van der Waals surface area (Å²) in [5, 5.41) is 2.73. The van der Waals surface area contributed by atoms with Crippen molar-refractivity contribution in [2.45, 2.75) is 46.1 Å². The van der Waals surface area contributed by atoms with Crippen molar-refractivity contribution in [3.8, 4) is 0 Å². The fourth-order valence-electron chi connectivity index (χ4n) is 2.78. The zero-order valence-electron chi connectivity index (χ0n) is 17.7. The van der Waals surface area contributed by atoms with Crippen LogP contribution in [0.3, 0.4) is 0 Å². The van der Waals surface area contributed by atoms with Gasteiger partial charge in [0.05, 0.1) is 0 Å². The van der Waals surface area contributed by atoms with Crippen LogP contribution in [0.2, 0.25) is 0 Å². The minimum atomic E-state index is -0.839. The molecule has 2 aromatic carbocycles. The first kappa shape index (κ1) is 22.3. The van der Waals surface area contributed by atoms with Gasteiger partial charge in [-0.25, -0.2) is 4.79 Å². The Labute approximate surface area is 172 Å². The van der Waals surface area contributed by atoms with Crippen molar-refractivity contribution in [2.75, 3.05) is 6.61 Å². The van der Waals surface area contributed by atoms with Crippen LogP contribution in [0.25, 0.3) is 0 Å². The Morgan fingerprint density at radius 2 is 1.48 bits per heavy atom. The predicted octanol–water partition coefficient (Wildman–Crippen LogP) is 4.16. The molecule has 5 nitrogen and oxygen atoms in total. The number of nitrogens with one attached hydrogen (secondary N) is 1. The first-order chi connectivity index (χ1) is 13.6. The molecule has 0 unspecified atom stereocenters. The maximum Gasteiger partial charge on any atom is 0.329 e. The molecule has 1 N–H and O–H groups in total. The SMILES string of the molecule is CC(C)[C@H](NC(=O)c1ccc(C(C)(C)C)cc1)C(=O)OCC(=O)c1ccccc1. The minimum absolute atomic E-state index is 0.00935. The number of ether oxygens (including phenoxy) is 1. The number of ketones is 1. The molecule has 1 atom stereocenters. The van der Waals surface area contributed by atoms with Gasteiger partial charge in [-0.05, 0) is 29.0 Å². The smallest absolute Gasteiger partial charge is 0.329 e. The molecule has 0 saturated heterocycles. The Kier molecular flexibility index (Phi) is 7.32. The third-order valence-electron chi connectivity index (χ3n) is 4.66. The molecule has 5 heteroatoms. The molecular formula is C24H29NO4. The average molecular weight is 395 g/mol. The second-order valence-electron chi connectivity index (χ2n) is 8.42. The highest BCUT2D eigenvalue weighted by molar-refractivity contribution is 5.99. The van der Waals surface area contributed by atoms with Gasteiger partial charge in [0.15, 0.2) is 12.4 Å². The number of hydrogen-bond acceptors (Lipinski definition) is 4. The van der Waals surface area contributed by atoms with E-state index in [1.807, 2.05) is 26.0 Å². The van der Waals surface area contributed by atoms with E-state index in [1.165, 1.54) is 0 Å². The zero-order chi connectivity index (χ0) is 21.6. The third-order valence-corrected chi connectivity index (χ3v) is 4.66. The van der Waals surface area contributed by atoms with Crippen LogP contribution in [0.15, 0.2) is 54.6 Å². The van der Waals surface area contributed by atoms with Crippen molar-refractivity contribution < 1.29 is 19.1 Å². The number of Topliss-reactive ketones (excluding diaryl/α,β-unsaturated/α-hetero) is 1. The Balaban J connectivity index is 2.00. The molecule has 0 aromatic heterocycles. The first-order valence-corrected chi connectivity index (χ1v) is 9.76.